The lowest BCUT2D eigenvalue weighted by molar-refractivity contribution is -0.275. The Hall–Kier alpha value is -2.04. The van der Waals surface area contributed by atoms with Crippen LogP contribution in [-0.2, 0) is 17.5 Å². The minimum Gasteiger partial charge on any atom is -0.465 e. The van der Waals surface area contributed by atoms with Gasteiger partial charge in [-0.05, 0) is 6.07 Å². The molecule has 0 aromatic carbocycles. The maximum Gasteiger partial charge on any atom is 0.573 e. The molecule has 0 amide bonds. The molecule has 118 valence electrons. The molecule has 11 heteroatoms. The number of nitrogens with two attached hydrogens (primary N) is 1. The predicted molar refractivity (Wildman–Crippen MR) is 55.2 cm³/mol. The van der Waals surface area contributed by atoms with Gasteiger partial charge in [0.05, 0.1) is 18.4 Å². The molecule has 0 unspecified atom stereocenters. The van der Waals surface area contributed by atoms with Crippen molar-refractivity contribution in [2.75, 3.05) is 7.11 Å². The van der Waals surface area contributed by atoms with Crippen LogP contribution in [0.1, 0.15) is 21.7 Å². The number of halogens is 6. The van der Waals surface area contributed by atoms with Gasteiger partial charge < -0.3 is 15.2 Å². The summed E-state index contributed by atoms with van der Waals surface area (Å²) < 4.78 is 82.4. The van der Waals surface area contributed by atoms with Crippen molar-refractivity contribution in [2.45, 2.75) is 19.1 Å². The number of hydrogen-bond acceptors (Lipinski definition) is 5. The lowest BCUT2D eigenvalue weighted by atomic mass is 10.1. The third kappa shape index (κ3) is 4.21. The Balaban J connectivity index is 3.52. The number of ether oxygens (including phenoxy) is 2. The number of esters is 1. The van der Waals surface area contributed by atoms with Crippen LogP contribution in [0.5, 0.6) is 5.75 Å². The minimum absolute atomic E-state index is 0.247. The van der Waals surface area contributed by atoms with Crippen LogP contribution in [0.25, 0.3) is 0 Å². The number of alkyl halides is 6. The molecule has 0 aliphatic rings. The SMILES string of the molecule is COC(=O)c1cc(OC(F)(F)F)c(CN)nc1C(F)(F)F. The van der Waals surface area contributed by atoms with Gasteiger partial charge in [0.1, 0.15) is 0 Å². The van der Waals surface area contributed by atoms with Crippen LogP contribution < -0.4 is 10.5 Å². The van der Waals surface area contributed by atoms with Gasteiger partial charge in [0.2, 0.25) is 0 Å². The highest BCUT2D eigenvalue weighted by Crippen LogP contribution is 2.35. The zero-order valence-corrected chi connectivity index (χ0v) is 10.3. The quantitative estimate of drug-likeness (QED) is 0.683. The number of hydrogen-bond donors (Lipinski definition) is 1. The van der Waals surface area contributed by atoms with E-state index in [1.807, 2.05) is 0 Å². The third-order valence-corrected chi connectivity index (χ3v) is 2.15. The highest BCUT2D eigenvalue weighted by molar-refractivity contribution is 5.91. The van der Waals surface area contributed by atoms with Crippen LogP contribution in [0, 0.1) is 0 Å². The van der Waals surface area contributed by atoms with Crippen molar-refractivity contribution in [1.29, 1.82) is 0 Å². The molecule has 0 saturated carbocycles. The van der Waals surface area contributed by atoms with E-state index in [0.717, 1.165) is 7.11 Å². The fourth-order valence-electron chi connectivity index (χ4n) is 1.37. The van der Waals surface area contributed by atoms with Gasteiger partial charge in [-0.1, -0.05) is 0 Å². The van der Waals surface area contributed by atoms with Crippen molar-refractivity contribution in [3.05, 3.63) is 23.0 Å². The summed E-state index contributed by atoms with van der Waals surface area (Å²) in [6, 6.07) is 0.247. The summed E-state index contributed by atoms with van der Waals surface area (Å²) in [6.45, 7) is -0.754. The molecule has 1 aromatic rings. The normalized spacial score (nSPS) is 12.2. The molecule has 1 aromatic heterocycles. The van der Waals surface area contributed by atoms with Crippen molar-refractivity contribution < 1.29 is 40.6 Å². The monoisotopic (exact) mass is 318 g/mol. The minimum atomic E-state index is -5.18. The molecular formula is C10H8F6N2O3. The Morgan fingerprint density at radius 3 is 2.24 bits per heavy atom. The van der Waals surface area contributed by atoms with Gasteiger partial charge >= 0.3 is 18.5 Å². The Kier molecular flexibility index (Phi) is 4.66. The number of aromatic nitrogens is 1. The molecule has 0 atom stereocenters. The largest absolute Gasteiger partial charge is 0.573 e. The standard InChI is InChI=1S/C10H8F6N2O3/c1-20-8(19)4-2-6(21-10(14,15)16)5(3-17)18-7(4)9(11,12)13/h2H,3,17H2,1H3. The first-order chi connectivity index (χ1) is 9.49. The summed E-state index contributed by atoms with van der Waals surface area (Å²) in [6.07, 6.45) is -10.3. The lowest BCUT2D eigenvalue weighted by Gasteiger charge is -2.16. The molecule has 0 spiro atoms. The Bertz CT molecular complexity index is 541. The molecule has 2 N–H and O–H groups in total. The average Bonchev–Trinajstić information content (AvgIpc) is 2.34. The Labute approximate surface area is 113 Å². The van der Waals surface area contributed by atoms with Gasteiger partial charge in [0.15, 0.2) is 11.4 Å². The predicted octanol–water partition coefficient (Wildman–Crippen LogP) is 2.24. The van der Waals surface area contributed by atoms with Gasteiger partial charge in [0.25, 0.3) is 0 Å². The molecule has 0 saturated heterocycles. The molecule has 0 aliphatic heterocycles. The topological polar surface area (TPSA) is 74.4 Å². The molecule has 0 aliphatic carbocycles. The number of rotatable bonds is 3. The van der Waals surface area contributed by atoms with Crippen LogP contribution in [0.15, 0.2) is 6.07 Å². The van der Waals surface area contributed by atoms with Crippen molar-refractivity contribution in [3.8, 4) is 5.75 Å². The highest BCUT2D eigenvalue weighted by atomic mass is 19.4. The third-order valence-electron chi connectivity index (χ3n) is 2.15. The fourth-order valence-corrected chi connectivity index (χ4v) is 1.37. The van der Waals surface area contributed by atoms with Gasteiger partial charge in [-0.3, -0.25) is 0 Å². The molecule has 5 nitrogen and oxygen atoms in total. The van der Waals surface area contributed by atoms with Crippen molar-refractivity contribution in [3.63, 3.8) is 0 Å². The van der Waals surface area contributed by atoms with E-state index < -0.39 is 47.8 Å². The second kappa shape index (κ2) is 5.76. The number of carbonyl (C=O) groups is 1. The van der Waals surface area contributed by atoms with Crippen molar-refractivity contribution in [1.82, 2.24) is 4.98 Å². The molecule has 1 heterocycles. The van der Waals surface area contributed by atoms with Crippen LogP contribution in [-0.4, -0.2) is 24.4 Å². The molecule has 0 fully saturated rings. The second-order valence-corrected chi connectivity index (χ2v) is 3.57. The molecular weight excluding hydrogens is 310 g/mol. The molecule has 0 bridgehead atoms. The van der Waals surface area contributed by atoms with E-state index in [9.17, 15) is 31.1 Å². The Morgan fingerprint density at radius 1 is 1.29 bits per heavy atom. The summed E-state index contributed by atoms with van der Waals surface area (Å²) in [5.74, 6) is -2.61. The number of nitrogens with zero attached hydrogens (tertiary/aromatic N) is 1. The van der Waals surface area contributed by atoms with E-state index in [0.29, 0.717) is 0 Å². The molecule has 0 radical (unpaired) electrons. The van der Waals surface area contributed by atoms with E-state index in [1.54, 1.807) is 0 Å². The molecule has 1 rings (SSSR count). The summed E-state index contributed by atoms with van der Waals surface area (Å²) in [7, 11) is 0.767. The maximum atomic E-state index is 12.8. The number of carbonyl (C=O) groups excluding carboxylic acids is 1. The van der Waals surface area contributed by atoms with E-state index in [-0.39, 0.29) is 6.07 Å². The maximum absolute atomic E-state index is 12.8. The van der Waals surface area contributed by atoms with Crippen LogP contribution in [0.3, 0.4) is 0 Å². The Morgan fingerprint density at radius 2 is 1.86 bits per heavy atom. The van der Waals surface area contributed by atoms with Crippen LogP contribution >= 0.6 is 0 Å². The first-order valence-electron chi connectivity index (χ1n) is 5.15. The first kappa shape index (κ1) is 17.0. The molecule has 21 heavy (non-hydrogen) atoms. The van der Waals surface area contributed by atoms with Gasteiger partial charge in [-0.2, -0.15) is 13.2 Å². The number of methoxy groups -OCH3 is 1. The van der Waals surface area contributed by atoms with Crippen molar-refractivity contribution >= 4 is 5.97 Å². The van der Waals surface area contributed by atoms with E-state index in [1.165, 1.54) is 0 Å². The zero-order chi connectivity index (χ0) is 16.4. The van der Waals surface area contributed by atoms with E-state index in [2.05, 4.69) is 14.5 Å². The summed E-state index contributed by atoms with van der Waals surface area (Å²) in [5, 5.41) is 0. The second-order valence-electron chi connectivity index (χ2n) is 3.57. The van der Waals surface area contributed by atoms with Gasteiger partial charge in [0, 0.05) is 6.54 Å². The van der Waals surface area contributed by atoms with Gasteiger partial charge in [-0.25, -0.2) is 9.78 Å². The van der Waals surface area contributed by atoms with E-state index in [4.69, 9.17) is 5.73 Å². The summed E-state index contributed by atoms with van der Waals surface area (Å²) >= 11 is 0. The van der Waals surface area contributed by atoms with Crippen molar-refractivity contribution in [2.24, 2.45) is 5.73 Å². The highest BCUT2D eigenvalue weighted by Gasteiger charge is 2.40. The van der Waals surface area contributed by atoms with Crippen LogP contribution in [0.4, 0.5) is 26.3 Å². The smallest absolute Gasteiger partial charge is 0.465 e. The summed E-state index contributed by atoms with van der Waals surface area (Å²) in [5.41, 5.74) is 1.34. The number of pyridine rings is 1. The zero-order valence-electron chi connectivity index (χ0n) is 10.3. The lowest BCUT2D eigenvalue weighted by Crippen LogP contribution is -2.23. The summed E-state index contributed by atoms with van der Waals surface area (Å²) in [4.78, 5) is 14.2. The van der Waals surface area contributed by atoms with Crippen LogP contribution in [0.2, 0.25) is 0 Å². The van der Waals surface area contributed by atoms with Gasteiger partial charge in [-0.15, -0.1) is 13.2 Å². The first-order valence-corrected chi connectivity index (χ1v) is 5.15. The fraction of sp³-hybridized carbons (Fsp3) is 0.400. The van der Waals surface area contributed by atoms with E-state index >= 15 is 0 Å². The average molecular weight is 318 g/mol.